The third-order valence-electron chi connectivity index (χ3n) is 4.50. The van der Waals surface area contributed by atoms with Crippen molar-refractivity contribution in [1.29, 1.82) is 0 Å². The van der Waals surface area contributed by atoms with Gasteiger partial charge in [0.25, 0.3) is 11.8 Å². The predicted molar refractivity (Wildman–Crippen MR) is 110 cm³/mol. The molecule has 6 heteroatoms. The molecule has 2 amide bonds. The molecule has 0 radical (unpaired) electrons. The van der Waals surface area contributed by atoms with Crippen LogP contribution in [0.5, 0.6) is 0 Å². The van der Waals surface area contributed by atoms with Crippen LogP contribution in [0.1, 0.15) is 40.1 Å². The standard InChI is InChI=1S/C21H28N4O2/c1-4-25(5-2)12-11-23-20(26)16-7-6-8-18(13-16)24-21(27)19-14-17(22)10-9-15(19)3/h6-10,13-14H,4-5,11-12,22H2,1-3H3,(H,23,26)(H,24,27). The number of carbonyl (C=O) groups is 2. The number of aryl methyl sites for hydroxylation is 1. The van der Waals surface area contributed by atoms with Gasteiger partial charge >= 0.3 is 0 Å². The molecule has 6 nitrogen and oxygen atoms in total. The number of benzene rings is 2. The van der Waals surface area contributed by atoms with Gasteiger partial charge in [0.15, 0.2) is 0 Å². The van der Waals surface area contributed by atoms with Crippen molar-refractivity contribution < 1.29 is 9.59 Å². The van der Waals surface area contributed by atoms with E-state index in [1.54, 1.807) is 36.4 Å². The van der Waals surface area contributed by atoms with Gasteiger partial charge in [-0.1, -0.05) is 26.0 Å². The van der Waals surface area contributed by atoms with Crippen molar-refractivity contribution in [3.05, 3.63) is 59.2 Å². The summed E-state index contributed by atoms with van der Waals surface area (Å²) in [5.41, 5.74) is 8.74. The number of carbonyl (C=O) groups excluding carboxylic acids is 2. The number of nitrogens with one attached hydrogen (secondary N) is 2. The number of nitrogens with two attached hydrogens (primary N) is 1. The SMILES string of the molecule is CCN(CC)CCNC(=O)c1cccc(NC(=O)c2cc(N)ccc2C)c1. The normalized spacial score (nSPS) is 10.7. The summed E-state index contributed by atoms with van der Waals surface area (Å²) in [7, 11) is 0. The molecule has 0 aliphatic rings. The van der Waals surface area contributed by atoms with E-state index >= 15 is 0 Å². The van der Waals surface area contributed by atoms with E-state index in [-0.39, 0.29) is 11.8 Å². The van der Waals surface area contributed by atoms with Crippen LogP contribution in [-0.2, 0) is 0 Å². The van der Waals surface area contributed by atoms with Crippen LogP contribution < -0.4 is 16.4 Å². The minimum atomic E-state index is -0.251. The molecule has 144 valence electrons. The van der Waals surface area contributed by atoms with Crippen molar-refractivity contribution in [2.45, 2.75) is 20.8 Å². The smallest absolute Gasteiger partial charge is 0.256 e. The summed E-state index contributed by atoms with van der Waals surface area (Å²) in [5, 5.41) is 5.75. The van der Waals surface area contributed by atoms with Crippen molar-refractivity contribution in [3.63, 3.8) is 0 Å². The Labute approximate surface area is 160 Å². The lowest BCUT2D eigenvalue weighted by atomic mass is 10.1. The molecule has 0 unspecified atom stereocenters. The molecule has 0 atom stereocenters. The number of likely N-dealkylation sites (N-methyl/N-ethyl adjacent to an activating group) is 1. The van der Waals surface area contributed by atoms with E-state index in [9.17, 15) is 9.59 Å². The molecule has 0 aliphatic carbocycles. The molecule has 0 saturated carbocycles. The minimum Gasteiger partial charge on any atom is -0.399 e. The van der Waals surface area contributed by atoms with Crippen molar-refractivity contribution in [1.82, 2.24) is 10.2 Å². The van der Waals surface area contributed by atoms with Gasteiger partial charge in [-0.05, 0) is 55.9 Å². The second kappa shape index (κ2) is 9.73. The summed E-state index contributed by atoms with van der Waals surface area (Å²) in [6, 6.07) is 12.1. The maximum Gasteiger partial charge on any atom is 0.256 e. The van der Waals surface area contributed by atoms with Crippen molar-refractivity contribution in [3.8, 4) is 0 Å². The first kappa shape index (κ1) is 20.5. The molecule has 2 rings (SSSR count). The summed E-state index contributed by atoms with van der Waals surface area (Å²) >= 11 is 0. The van der Waals surface area contributed by atoms with Crippen molar-refractivity contribution in [2.75, 3.05) is 37.2 Å². The van der Waals surface area contributed by atoms with Crippen LogP contribution in [-0.4, -0.2) is 42.9 Å². The fourth-order valence-electron chi connectivity index (χ4n) is 2.79. The van der Waals surface area contributed by atoms with Crippen LogP contribution in [0.3, 0.4) is 0 Å². The van der Waals surface area contributed by atoms with E-state index in [4.69, 9.17) is 5.73 Å². The molecular formula is C21H28N4O2. The van der Waals surface area contributed by atoms with Gasteiger partial charge in [-0.2, -0.15) is 0 Å². The van der Waals surface area contributed by atoms with E-state index in [1.165, 1.54) is 0 Å². The summed E-state index contributed by atoms with van der Waals surface area (Å²) in [5.74, 6) is -0.405. The molecule has 0 aromatic heterocycles. The van der Waals surface area contributed by atoms with Gasteiger partial charge in [0.05, 0.1) is 0 Å². The first-order valence-corrected chi connectivity index (χ1v) is 9.22. The van der Waals surface area contributed by atoms with Crippen LogP contribution in [0.15, 0.2) is 42.5 Å². The van der Waals surface area contributed by atoms with E-state index in [0.29, 0.717) is 29.0 Å². The lowest BCUT2D eigenvalue weighted by Crippen LogP contribution is -2.34. The Balaban J connectivity index is 2.01. The Bertz CT molecular complexity index is 801. The summed E-state index contributed by atoms with van der Waals surface area (Å²) in [4.78, 5) is 27.1. The highest BCUT2D eigenvalue weighted by Crippen LogP contribution is 2.16. The molecule has 0 spiro atoms. The highest BCUT2D eigenvalue weighted by molar-refractivity contribution is 6.06. The van der Waals surface area contributed by atoms with Gasteiger partial charge in [0, 0.05) is 35.6 Å². The van der Waals surface area contributed by atoms with E-state index in [1.807, 2.05) is 13.0 Å². The average Bonchev–Trinajstić information content (AvgIpc) is 2.67. The first-order chi connectivity index (χ1) is 12.9. The van der Waals surface area contributed by atoms with Crippen LogP contribution >= 0.6 is 0 Å². The summed E-state index contributed by atoms with van der Waals surface area (Å²) < 4.78 is 0. The maximum atomic E-state index is 12.5. The van der Waals surface area contributed by atoms with Crippen molar-refractivity contribution >= 4 is 23.2 Å². The molecule has 0 fully saturated rings. The van der Waals surface area contributed by atoms with Crippen LogP contribution in [0, 0.1) is 6.92 Å². The highest BCUT2D eigenvalue weighted by atomic mass is 16.2. The average molecular weight is 368 g/mol. The van der Waals surface area contributed by atoms with Gasteiger partial charge in [-0.25, -0.2) is 0 Å². The molecule has 2 aromatic carbocycles. The quantitative estimate of drug-likeness (QED) is 0.625. The van der Waals surface area contributed by atoms with Crippen LogP contribution in [0.4, 0.5) is 11.4 Å². The monoisotopic (exact) mass is 368 g/mol. The first-order valence-electron chi connectivity index (χ1n) is 9.22. The number of nitrogens with zero attached hydrogens (tertiary/aromatic N) is 1. The lowest BCUT2D eigenvalue weighted by Gasteiger charge is -2.18. The van der Waals surface area contributed by atoms with Gasteiger partial charge in [-0.15, -0.1) is 0 Å². The Morgan fingerprint density at radius 1 is 1.04 bits per heavy atom. The van der Waals surface area contributed by atoms with Gasteiger partial charge in [0.2, 0.25) is 0 Å². The molecule has 27 heavy (non-hydrogen) atoms. The zero-order valence-electron chi connectivity index (χ0n) is 16.2. The van der Waals surface area contributed by atoms with Gasteiger partial charge in [-0.3, -0.25) is 9.59 Å². The number of anilines is 2. The minimum absolute atomic E-state index is 0.154. The second-order valence-corrected chi connectivity index (χ2v) is 6.39. The fourth-order valence-corrected chi connectivity index (χ4v) is 2.79. The summed E-state index contributed by atoms with van der Waals surface area (Å²) in [6.07, 6.45) is 0. The number of amides is 2. The molecule has 2 aromatic rings. The Morgan fingerprint density at radius 2 is 1.78 bits per heavy atom. The van der Waals surface area contributed by atoms with E-state index < -0.39 is 0 Å². The number of hydrogen-bond donors (Lipinski definition) is 3. The summed E-state index contributed by atoms with van der Waals surface area (Å²) in [6.45, 7) is 9.35. The molecule has 0 saturated heterocycles. The van der Waals surface area contributed by atoms with Crippen molar-refractivity contribution in [2.24, 2.45) is 0 Å². The van der Waals surface area contributed by atoms with Gasteiger partial charge < -0.3 is 21.3 Å². The fraction of sp³-hybridized carbons (Fsp3) is 0.333. The van der Waals surface area contributed by atoms with E-state index in [2.05, 4.69) is 29.4 Å². The molecule has 0 bridgehead atoms. The zero-order valence-corrected chi connectivity index (χ0v) is 16.2. The predicted octanol–water partition coefficient (Wildman–Crippen LogP) is 2.90. The second-order valence-electron chi connectivity index (χ2n) is 6.39. The maximum absolute atomic E-state index is 12.5. The Hall–Kier alpha value is -2.86. The molecule has 0 aliphatic heterocycles. The number of rotatable bonds is 8. The third-order valence-corrected chi connectivity index (χ3v) is 4.50. The van der Waals surface area contributed by atoms with E-state index in [0.717, 1.165) is 25.2 Å². The number of hydrogen-bond acceptors (Lipinski definition) is 4. The van der Waals surface area contributed by atoms with Crippen LogP contribution in [0.2, 0.25) is 0 Å². The number of nitrogen functional groups attached to an aromatic ring is 1. The highest BCUT2D eigenvalue weighted by Gasteiger charge is 2.12. The topological polar surface area (TPSA) is 87.5 Å². The Morgan fingerprint density at radius 3 is 2.48 bits per heavy atom. The molecule has 0 heterocycles. The molecule has 4 N–H and O–H groups in total. The third kappa shape index (κ3) is 5.82. The van der Waals surface area contributed by atoms with Crippen LogP contribution in [0.25, 0.3) is 0 Å². The van der Waals surface area contributed by atoms with Gasteiger partial charge in [0.1, 0.15) is 0 Å². The largest absolute Gasteiger partial charge is 0.399 e. The Kier molecular flexibility index (Phi) is 7.37. The lowest BCUT2D eigenvalue weighted by molar-refractivity contribution is 0.0947. The zero-order chi connectivity index (χ0) is 19.8. The molecular weight excluding hydrogens is 340 g/mol.